The molecule has 26 heavy (non-hydrogen) atoms. The maximum atomic E-state index is 14.3. The number of aromatic nitrogens is 2. The van der Waals surface area contributed by atoms with Crippen molar-refractivity contribution < 1.29 is 22.8 Å². The van der Waals surface area contributed by atoms with Gasteiger partial charge >= 0.3 is 0 Å². The fourth-order valence-electron chi connectivity index (χ4n) is 2.47. The molecule has 0 radical (unpaired) electrons. The van der Waals surface area contributed by atoms with Gasteiger partial charge in [-0.05, 0) is 6.42 Å². The van der Waals surface area contributed by atoms with Crippen LogP contribution >= 0.6 is 11.6 Å². The SMILES string of the molecule is CONC(=N)c1nc(Cl)c(-c2c(F)cc(F)cc2F)c(N2CCCO2)n1. The van der Waals surface area contributed by atoms with Crippen LogP contribution < -0.4 is 10.5 Å². The van der Waals surface area contributed by atoms with Gasteiger partial charge in [-0.25, -0.2) is 33.7 Å². The predicted molar refractivity (Wildman–Crippen MR) is 87.2 cm³/mol. The van der Waals surface area contributed by atoms with Gasteiger partial charge in [-0.1, -0.05) is 11.6 Å². The van der Waals surface area contributed by atoms with Crippen LogP contribution in [0, 0.1) is 22.9 Å². The van der Waals surface area contributed by atoms with Gasteiger partial charge in [0.25, 0.3) is 0 Å². The summed E-state index contributed by atoms with van der Waals surface area (Å²) in [6.07, 6.45) is 0.651. The largest absolute Gasteiger partial charge is 0.280 e. The molecule has 138 valence electrons. The molecule has 7 nitrogen and oxygen atoms in total. The van der Waals surface area contributed by atoms with Crippen molar-refractivity contribution in [2.45, 2.75) is 6.42 Å². The molecule has 1 aliphatic rings. The Kier molecular flexibility index (Phi) is 5.25. The van der Waals surface area contributed by atoms with E-state index in [2.05, 4.69) is 20.3 Å². The zero-order valence-electron chi connectivity index (χ0n) is 13.4. The number of anilines is 1. The fraction of sp³-hybridized carbons (Fsp3) is 0.267. The van der Waals surface area contributed by atoms with Crippen LogP contribution in [0.1, 0.15) is 12.2 Å². The van der Waals surface area contributed by atoms with E-state index in [0.29, 0.717) is 31.7 Å². The second kappa shape index (κ2) is 7.44. The van der Waals surface area contributed by atoms with E-state index in [1.54, 1.807) is 0 Å². The standard InChI is InChI=1S/C15H13ClF3N5O2/c1-25-23-13(20)14-21-12(16)11(15(22-14)24-3-2-4-26-24)10-8(18)5-7(17)6-9(10)19/h5-6H,2-4H2,1H3,(H2,20,23). The zero-order valence-corrected chi connectivity index (χ0v) is 14.2. The summed E-state index contributed by atoms with van der Waals surface area (Å²) in [5, 5.41) is 8.78. The number of hydrogen-bond donors (Lipinski definition) is 2. The molecule has 11 heteroatoms. The second-order valence-electron chi connectivity index (χ2n) is 5.25. The van der Waals surface area contributed by atoms with Gasteiger partial charge in [0.15, 0.2) is 17.5 Å². The van der Waals surface area contributed by atoms with Gasteiger partial charge in [-0.15, -0.1) is 0 Å². The Hall–Kier alpha value is -2.43. The number of amidine groups is 1. The summed E-state index contributed by atoms with van der Waals surface area (Å²) >= 11 is 6.15. The number of hydrogen-bond acceptors (Lipinski definition) is 6. The lowest BCUT2D eigenvalue weighted by atomic mass is 10.1. The van der Waals surface area contributed by atoms with Gasteiger partial charge in [0.2, 0.25) is 0 Å². The molecule has 1 saturated heterocycles. The average Bonchev–Trinajstić information content (AvgIpc) is 3.09. The van der Waals surface area contributed by atoms with Crippen LogP contribution in [0.3, 0.4) is 0 Å². The molecule has 0 amide bonds. The minimum atomic E-state index is -1.16. The third-order valence-electron chi connectivity index (χ3n) is 3.52. The first-order valence-corrected chi connectivity index (χ1v) is 7.81. The third kappa shape index (κ3) is 3.43. The lowest BCUT2D eigenvalue weighted by molar-refractivity contribution is 0.144. The number of hydroxylamine groups is 2. The molecule has 1 aromatic heterocycles. The van der Waals surface area contributed by atoms with E-state index in [0.717, 1.165) is 0 Å². The Morgan fingerprint density at radius 1 is 1.27 bits per heavy atom. The van der Waals surface area contributed by atoms with Crippen molar-refractivity contribution in [3.63, 3.8) is 0 Å². The quantitative estimate of drug-likeness (QED) is 0.363. The second-order valence-corrected chi connectivity index (χ2v) is 5.61. The zero-order chi connectivity index (χ0) is 18.8. The molecule has 1 fully saturated rings. The first-order chi connectivity index (χ1) is 12.4. The number of nitrogens with one attached hydrogen (secondary N) is 2. The molecule has 2 heterocycles. The van der Waals surface area contributed by atoms with Crippen LogP contribution in [0.25, 0.3) is 11.1 Å². The Labute approximate surface area is 151 Å². The van der Waals surface area contributed by atoms with Crippen LogP contribution in [0.15, 0.2) is 12.1 Å². The number of benzene rings is 1. The number of nitrogens with zero attached hydrogens (tertiary/aromatic N) is 3. The van der Waals surface area contributed by atoms with E-state index in [-0.39, 0.29) is 28.2 Å². The summed E-state index contributed by atoms with van der Waals surface area (Å²) < 4.78 is 41.8. The normalized spacial score (nSPS) is 14.0. The van der Waals surface area contributed by atoms with E-state index in [4.69, 9.17) is 21.8 Å². The molecule has 0 spiro atoms. The maximum Gasteiger partial charge on any atom is 0.200 e. The van der Waals surface area contributed by atoms with Crippen LogP contribution in [-0.2, 0) is 9.68 Å². The number of halogens is 4. The van der Waals surface area contributed by atoms with E-state index in [1.165, 1.54) is 12.2 Å². The summed E-state index contributed by atoms with van der Waals surface area (Å²) in [6, 6.07) is 1.07. The summed E-state index contributed by atoms with van der Waals surface area (Å²) in [5.74, 6) is -3.92. The van der Waals surface area contributed by atoms with E-state index in [9.17, 15) is 13.2 Å². The van der Waals surface area contributed by atoms with Crippen molar-refractivity contribution in [3.05, 3.63) is 40.6 Å². The van der Waals surface area contributed by atoms with Crippen molar-refractivity contribution >= 4 is 23.3 Å². The lowest BCUT2D eigenvalue weighted by Gasteiger charge is -2.21. The average molecular weight is 388 g/mol. The van der Waals surface area contributed by atoms with E-state index < -0.39 is 23.0 Å². The Morgan fingerprint density at radius 3 is 2.54 bits per heavy atom. The molecule has 1 aliphatic heterocycles. The van der Waals surface area contributed by atoms with Gasteiger partial charge in [0.1, 0.15) is 22.6 Å². The minimum absolute atomic E-state index is 0.0374. The van der Waals surface area contributed by atoms with Crippen LogP contribution in [0.4, 0.5) is 19.0 Å². The molecule has 2 aromatic rings. The van der Waals surface area contributed by atoms with Gasteiger partial charge < -0.3 is 0 Å². The molecular formula is C15H13ClF3N5O2. The summed E-state index contributed by atoms with van der Waals surface area (Å²) in [6.45, 7) is 0.758. The molecule has 0 aliphatic carbocycles. The van der Waals surface area contributed by atoms with Crippen molar-refractivity contribution in [2.75, 3.05) is 25.3 Å². The smallest absolute Gasteiger partial charge is 0.200 e. The van der Waals surface area contributed by atoms with E-state index >= 15 is 0 Å². The first kappa shape index (κ1) is 18.4. The highest BCUT2D eigenvalue weighted by Gasteiger charge is 2.28. The van der Waals surface area contributed by atoms with Crippen LogP contribution in [0.5, 0.6) is 0 Å². The molecule has 3 rings (SSSR count). The lowest BCUT2D eigenvalue weighted by Crippen LogP contribution is -2.27. The Bertz CT molecular complexity index is 838. The van der Waals surface area contributed by atoms with Crippen molar-refractivity contribution in [2.24, 2.45) is 0 Å². The Balaban J connectivity index is 2.23. The molecule has 0 saturated carbocycles. The predicted octanol–water partition coefficient (Wildman–Crippen LogP) is 2.83. The van der Waals surface area contributed by atoms with Crippen molar-refractivity contribution in [1.29, 1.82) is 5.41 Å². The molecule has 0 atom stereocenters. The molecule has 2 N–H and O–H groups in total. The highest BCUT2D eigenvalue weighted by atomic mass is 35.5. The van der Waals surface area contributed by atoms with Gasteiger partial charge in [-0.3, -0.25) is 15.1 Å². The van der Waals surface area contributed by atoms with Crippen molar-refractivity contribution in [3.8, 4) is 11.1 Å². The topological polar surface area (TPSA) is 83.4 Å². The fourth-order valence-corrected chi connectivity index (χ4v) is 2.73. The van der Waals surface area contributed by atoms with Crippen molar-refractivity contribution in [1.82, 2.24) is 15.4 Å². The first-order valence-electron chi connectivity index (χ1n) is 7.43. The van der Waals surface area contributed by atoms with E-state index in [1.807, 2.05) is 0 Å². The highest BCUT2D eigenvalue weighted by Crippen LogP contribution is 2.39. The minimum Gasteiger partial charge on any atom is -0.280 e. The number of rotatable bonds is 4. The summed E-state index contributed by atoms with van der Waals surface area (Å²) in [5.41, 5.74) is 1.46. The maximum absolute atomic E-state index is 14.3. The Morgan fingerprint density at radius 2 is 1.96 bits per heavy atom. The third-order valence-corrected chi connectivity index (χ3v) is 3.79. The van der Waals surface area contributed by atoms with Crippen LogP contribution in [-0.4, -0.2) is 36.1 Å². The molecular weight excluding hydrogens is 375 g/mol. The summed E-state index contributed by atoms with van der Waals surface area (Å²) in [4.78, 5) is 18.0. The monoisotopic (exact) mass is 387 g/mol. The molecule has 0 unspecified atom stereocenters. The van der Waals surface area contributed by atoms with Crippen LogP contribution in [0.2, 0.25) is 5.15 Å². The summed E-state index contributed by atoms with van der Waals surface area (Å²) in [7, 11) is 1.29. The molecule has 1 aromatic carbocycles. The van der Waals surface area contributed by atoms with Gasteiger partial charge in [0.05, 0.1) is 24.8 Å². The van der Waals surface area contributed by atoms with Gasteiger partial charge in [0, 0.05) is 18.7 Å². The van der Waals surface area contributed by atoms with Gasteiger partial charge in [-0.2, -0.15) is 0 Å². The highest BCUT2D eigenvalue weighted by molar-refractivity contribution is 6.33. The molecule has 0 bridgehead atoms.